The van der Waals surface area contributed by atoms with Gasteiger partial charge in [-0.05, 0) is 25.6 Å². The summed E-state index contributed by atoms with van der Waals surface area (Å²) < 4.78 is 6.73. The van der Waals surface area contributed by atoms with Crippen LogP contribution in [0.4, 0.5) is 0 Å². The van der Waals surface area contributed by atoms with E-state index in [0.717, 1.165) is 12.8 Å². The minimum Gasteiger partial charge on any atom is -0.465 e. The third-order valence-corrected chi connectivity index (χ3v) is 4.14. The monoisotopic (exact) mass is 341 g/mol. The van der Waals surface area contributed by atoms with E-state index in [0.29, 0.717) is 17.9 Å². The fourth-order valence-corrected chi connectivity index (χ4v) is 2.70. The number of esters is 1. The van der Waals surface area contributed by atoms with E-state index in [1.165, 1.54) is 7.11 Å². The van der Waals surface area contributed by atoms with Crippen molar-refractivity contribution in [2.45, 2.75) is 33.2 Å². The smallest absolute Gasteiger partial charge is 0.340 e. The molecule has 2 aromatic rings. The van der Waals surface area contributed by atoms with Crippen LogP contribution in [0.25, 0.3) is 11.0 Å². The van der Waals surface area contributed by atoms with Crippen molar-refractivity contribution in [3.63, 3.8) is 0 Å². The van der Waals surface area contributed by atoms with E-state index in [-0.39, 0.29) is 20.7 Å². The van der Waals surface area contributed by atoms with E-state index < -0.39 is 11.5 Å². The number of nitrogens with zero attached hydrogens (tertiary/aromatic N) is 2. The molecule has 0 fully saturated rings. The van der Waals surface area contributed by atoms with Crippen molar-refractivity contribution >= 4 is 40.8 Å². The standard InChI is InChI=1S/C14H16ClN3O3S/c1-4-5-6-18-11-9(12(19)17-14(18)22)8(13(20)21-3)10(15)7(2)16-11/h4-6H2,1-3H3,(H,17,19,22). The van der Waals surface area contributed by atoms with Crippen LogP contribution in [0.2, 0.25) is 5.02 Å². The minimum atomic E-state index is -0.676. The number of rotatable bonds is 4. The van der Waals surface area contributed by atoms with Crippen LogP contribution in [0.1, 0.15) is 35.8 Å². The highest BCUT2D eigenvalue weighted by Crippen LogP contribution is 2.26. The van der Waals surface area contributed by atoms with Crippen LogP contribution in [0.3, 0.4) is 0 Å². The van der Waals surface area contributed by atoms with Crippen molar-refractivity contribution in [1.29, 1.82) is 0 Å². The maximum Gasteiger partial charge on any atom is 0.340 e. The van der Waals surface area contributed by atoms with Gasteiger partial charge in [-0.15, -0.1) is 0 Å². The number of methoxy groups -OCH3 is 1. The molecule has 0 aliphatic rings. The van der Waals surface area contributed by atoms with E-state index >= 15 is 0 Å². The van der Waals surface area contributed by atoms with Crippen LogP contribution < -0.4 is 5.56 Å². The van der Waals surface area contributed by atoms with Crippen LogP contribution >= 0.6 is 23.8 Å². The molecule has 0 unspecified atom stereocenters. The molecule has 0 aromatic carbocycles. The van der Waals surface area contributed by atoms with Crippen molar-refractivity contribution < 1.29 is 9.53 Å². The first-order valence-electron chi connectivity index (χ1n) is 6.83. The molecule has 1 N–H and O–H groups in total. The summed E-state index contributed by atoms with van der Waals surface area (Å²) in [5, 5.41) is 0.219. The Bertz CT molecular complexity index is 857. The molecule has 118 valence electrons. The van der Waals surface area contributed by atoms with Gasteiger partial charge in [-0.25, -0.2) is 9.78 Å². The fraction of sp³-hybridized carbons (Fsp3) is 0.429. The number of halogens is 1. The van der Waals surface area contributed by atoms with E-state index in [1.807, 2.05) is 6.92 Å². The molecule has 0 amide bonds. The lowest BCUT2D eigenvalue weighted by atomic mass is 10.1. The molecule has 0 bridgehead atoms. The van der Waals surface area contributed by atoms with Gasteiger partial charge < -0.3 is 9.30 Å². The van der Waals surface area contributed by atoms with Gasteiger partial charge in [0.15, 0.2) is 4.77 Å². The predicted molar refractivity (Wildman–Crippen MR) is 87.2 cm³/mol. The molecule has 8 heteroatoms. The van der Waals surface area contributed by atoms with E-state index in [1.54, 1.807) is 11.5 Å². The van der Waals surface area contributed by atoms with Crippen LogP contribution in [0, 0.1) is 11.7 Å². The van der Waals surface area contributed by atoms with Gasteiger partial charge in [-0.1, -0.05) is 24.9 Å². The number of hydrogen-bond acceptors (Lipinski definition) is 5. The molecular formula is C14H16ClN3O3S. The molecule has 6 nitrogen and oxygen atoms in total. The first kappa shape index (κ1) is 16.6. The SMILES string of the molecule is CCCCn1c(=S)[nH]c(=O)c2c(C(=O)OC)c(Cl)c(C)nc21. The number of aryl methyl sites for hydroxylation is 2. The molecule has 0 spiro atoms. The number of nitrogens with one attached hydrogen (secondary N) is 1. The summed E-state index contributed by atoms with van der Waals surface area (Å²) >= 11 is 11.4. The summed E-state index contributed by atoms with van der Waals surface area (Å²) in [6.07, 6.45) is 1.82. The summed E-state index contributed by atoms with van der Waals surface area (Å²) in [5.41, 5.74) is 0.319. The lowest BCUT2D eigenvalue weighted by Crippen LogP contribution is -2.20. The van der Waals surface area contributed by atoms with Crippen molar-refractivity contribution in [3.8, 4) is 0 Å². The second-order valence-corrected chi connectivity index (χ2v) is 5.61. The van der Waals surface area contributed by atoms with Gasteiger partial charge >= 0.3 is 5.97 Å². The number of carbonyl (C=O) groups excluding carboxylic acids is 1. The minimum absolute atomic E-state index is 0.0214. The number of H-pyrrole nitrogens is 1. The molecule has 2 heterocycles. The molecule has 0 radical (unpaired) electrons. The second-order valence-electron chi connectivity index (χ2n) is 4.84. The van der Waals surface area contributed by atoms with Gasteiger partial charge in [0.1, 0.15) is 5.65 Å². The summed E-state index contributed by atoms with van der Waals surface area (Å²) in [6, 6.07) is 0. The molecule has 2 rings (SSSR count). The Hall–Kier alpha value is -1.73. The number of hydrogen-bond donors (Lipinski definition) is 1. The Balaban J connectivity index is 2.97. The van der Waals surface area contributed by atoms with Crippen molar-refractivity contribution in [2.75, 3.05) is 7.11 Å². The summed E-state index contributed by atoms with van der Waals surface area (Å²) in [7, 11) is 1.24. The van der Waals surface area contributed by atoms with Crippen molar-refractivity contribution in [3.05, 3.63) is 31.4 Å². The third kappa shape index (κ3) is 2.78. The molecule has 2 aromatic heterocycles. The first-order valence-corrected chi connectivity index (χ1v) is 7.62. The highest BCUT2D eigenvalue weighted by atomic mass is 35.5. The highest BCUT2D eigenvalue weighted by Gasteiger charge is 2.22. The van der Waals surface area contributed by atoms with Crippen LogP contribution in [-0.4, -0.2) is 27.6 Å². The van der Waals surface area contributed by atoms with Gasteiger partial charge in [0, 0.05) is 6.54 Å². The molecule has 0 saturated carbocycles. The number of fused-ring (bicyclic) bond motifs is 1. The zero-order chi connectivity index (χ0) is 16.4. The Morgan fingerprint density at radius 1 is 1.50 bits per heavy atom. The maximum atomic E-state index is 12.3. The third-order valence-electron chi connectivity index (χ3n) is 3.36. The molecule has 22 heavy (non-hydrogen) atoms. The van der Waals surface area contributed by atoms with Crippen molar-refractivity contribution in [2.24, 2.45) is 0 Å². The molecule has 0 saturated heterocycles. The molecule has 0 atom stereocenters. The van der Waals surface area contributed by atoms with Gasteiger partial charge in [-0.3, -0.25) is 9.78 Å². The zero-order valence-electron chi connectivity index (χ0n) is 12.5. The van der Waals surface area contributed by atoms with E-state index in [9.17, 15) is 9.59 Å². The molecule has 0 aliphatic heterocycles. The fourth-order valence-electron chi connectivity index (χ4n) is 2.22. The van der Waals surface area contributed by atoms with Gasteiger partial charge in [0.05, 0.1) is 28.8 Å². The lowest BCUT2D eigenvalue weighted by molar-refractivity contribution is 0.0603. The van der Waals surface area contributed by atoms with E-state index in [2.05, 4.69) is 9.97 Å². The molecular weight excluding hydrogens is 326 g/mol. The number of pyridine rings is 1. The number of ether oxygens (including phenoxy) is 1. The Morgan fingerprint density at radius 3 is 2.77 bits per heavy atom. The van der Waals surface area contributed by atoms with Gasteiger partial charge in [0.2, 0.25) is 0 Å². The largest absolute Gasteiger partial charge is 0.465 e. The second kappa shape index (κ2) is 6.58. The van der Waals surface area contributed by atoms with Crippen molar-refractivity contribution in [1.82, 2.24) is 14.5 Å². The number of unbranched alkanes of at least 4 members (excludes halogenated alkanes) is 1. The van der Waals surface area contributed by atoms with Crippen LogP contribution in [0.5, 0.6) is 0 Å². The average Bonchev–Trinajstić information content (AvgIpc) is 2.48. The Kier molecular flexibility index (Phi) is 4.97. The predicted octanol–water partition coefficient (Wildman–Crippen LogP) is 3.00. The number of aromatic nitrogens is 3. The summed E-state index contributed by atoms with van der Waals surface area (Å²) in [4.78, 5) is 31.3. The summed E-state index contributed by atoms with van der Waals surface area (Å²) in [6.45, 7) is 4.31. The number of aromatic amines is 1. The van der Waals surface area contributed by atoms with E-state index in [4.69, 9.17) is 28.6 Å². The van der Waals surface area contributed by atoms with Crippen LogP contribution in [0.15, 0.2) is 4.79 Å². The Morgan fingerprint density at radius 2 is 2.18 bits per heavy atom. The van der Waals surface area contributed by atoms with Crippen LogP contribution in [-0.2, 0) is 11.3 Å². The van der Waals surface area contributed by atoms with Gasteiger partial charge in [-0.2, -0.15) is 0 Å². The topological polar surface area (TPSA) is 77.0 Å². The first-order chi connectivity index (χ1) is 10.4. The Labute approximate surface area is 137 Å². The highest BCUT2D eigenvalue weighted by molar-refractivity contribution is 7.71. The summed E-state index contributed by atoms with van der Waals surface area (Å²) in [5.74, 6) is -0.676. The molecule has 0 aliphatic carbocycles. The quantitative estimate of drug-likeness (QED) is 0.683. The maximum absolute atomic E-state index is 12.3. The normalized spacial score (nSPS) is 10.9. The van der Waals surface area contributed by atoms with Gasteiger partial charge in [0.25, 0.3) is 5.56 Å². The number of carbonyl (C=O) groups is 1. The lowest BCUT2D eigenvalue weighted by Gasteiger charge is -2.13. The average molecular weight is 342 g/mol. The zero-order valence-corrected chi connectivity index (χ0v) is 14.1.